The van der Waals surface area contributed by atoms with Gasteiger partial charge in [0.2, 0.25) is 5.91 Å². The molecule has 1 aliphatic rings. The lowest BCUT2D eigenvalue weighted by molar-refractivity contribution is -0.241. The Labute approximate surface area is 252 Å². The van der Waals surface area contributed by atoms with E-state index in [9.17, 15) is 25.2 Å². The first-order chi connectivity index (χ1) is 20.0. The van der Waals surface area contributed by atoms with Crippen molar-refractivity contribution >= 4 is 5.91 Å². The predicted molar refractivity (Wildman–Crippen MR) is 168 cm³/mol. The summed E-state index contributed by atoms with van der Waals surface area (Å²) in [4.78, 5) is 12.9. The van der Waals surface area contributed by atoms with Crippen molar-refractivity contribution in [3.05, 3.63) is 0 Å². The van der Waals surface area contributed by atoms with E-state index in [1.165, 1.54) is 103 Å². The zero-order valence-electron chi connectivity index (χ0n) is 26.7. The molecular weight excluding hydrogens is 518 g/mol. The van der Waals surface area contributed by atoms with Crippen LogP contribution in [0.2, 0.25) is 0 Å². The highest BCUT2D eigenvalue weighted by atomic mass is 16.5. The molecule has 7 nitrogen and oxygen atoms in total. The molecule has 5 N–H and O–H groups in total. The first-order valence-electron chi connectivity index (χ1n) is 17.5. The van der Waals surface area contributed by atoms with Crippen molar-refractivity contribution in [3.63, 3.8) is 0 Å². The molecule has 7 heteroatoms. The second-order valence-electron chi connectivity index (χ2n) is 12.6. The van der Waals surface area contributed by atoms with Gasteiger partial charge in [0.1, 0.15) is 24.4 Å². The summed E-state index contributed by atoms with van der Waals surface area (Å²) in [5.74, 6) is -0.349. The standard InChI is InChI=1S/C34H67NO6/c1-3-5-7-9-11-13-15-16-18-20-22-24-28(34-33(40)32(39)31(38)29(27-36)41-34)26-30(37)35-25-23-21-19-17-14-12-10-8-6-4-2/h28-29,31-34,36,38-40H,3-27H2,1-2H3,(H,35,37)/t28?,29-,31-,32+,33+,34?/m1/s1. The molecule has 0 bridgehead atoms. The zero-order valence-corrected chi connectivity index (χ0v) is 26.7. The molecule has 1 saturated heterocycles. The van der Waals surface area contributed by atoms with Crippen molar-refractivity contribution < 1.29 is 30.0 Å². The van der Waals surface area contributed by atoms with Gasteiger partial charge in [-0.3, -0.25) is 4.79 Å². The van der Waals surface area contributed by atoms with Crippen molar-refractivity contribution in [3.8, 4) is 0 Å². The molecule has 2 unspecified atom stereocenters. The fraction of sp³-hybridized carbons (Fsp3) is 0.971. The number of unbranched alkanes of at least 4 members (excludes halogenated alkanes) is 19. The molecule has 0 aliphatic carbocycles. The van der Waals surface area contributed by atoms with Crippen LogP contribution in [0.3, 0.4) is 0 Å². The number of carbonyl (C=O) groups excluding carboxylic acids is 1. The van der Waals surface area contributed by atoms with Crippen LogP contribution >= 0.6 is 0 Å². The number of hydrogen-bond acceptors (Lipinski definition) is 6. The molecule has 0 saturated carbocycles. The minimum absolute atomic E-state index is 0.0639. The van der Waals surface area contributed by atoms with Gasteiger partial charge in [0.05, 0.1) is 12.7 Å². The molecule has 1 amide bonds. The summed E-state index contributed by atoms with van der Waals surface area (Å²) >= 11 is 0. The number of amides is 1. The van der Waals surface area contributed by atoms with E-state index in [1.807, 2.05) is 0 Å². The number of aliphatic hydroxyl groups is 4. The Balaban J connectivity index is 2.40. The average molecular weight is 586 g/mol. The molecule has 1 rings (SSSR count). The van der Waals surface area contributed by atoms with Crippen LogP contribution in [0.25, 0.3) is 0 Å². The van der Waals surface area contributed by atoms with Gasteiger partial charge in [-0.1, -0.05) is 142 Å². The molecule has 244 valence electrons. The van der Waals surface area contributed by atoms with Gasteiger partial charge in [-0.15, -0.1) is 0 Å². The molecule has 0 spiro atoms. The molecule has 0 radical (unpaired) electrons. The maximum atomic E-state index is 12.9. The first kappa shape index (κ1) is 38.3. The van der Waals surface area contributed by atoms with Crippen LogP contribution in [0.15, 0.2) is 0 Å². The summed E-state index contributed by atoms with van der Waals surface area (Å²) < 4.78 is 5.87. The van der Waals surface area contributed by atoms with Crippen LogP contribution in [0, 0.1) is 5.92 Å². The summed E-state index contributed by atoms with van der Waals surface area (Å²) in [6.45, 7) is 4.69. The van der Waals surface area contributed by atoms with E-state index in [1.54, 1.807) is 0 Å². The van der Waals surface area contributed by atoms with Crippen molar-refractivity contribution in [2.75, 3.05) is 13.2 Å². The van der Waals surface area contributed by atoms with E-state index >= 15 is 0 Å². The van der Waals surface area contributed by atoms with E-state index < -0.39 is 37.1 Å². The Morgan fingerprint density at radius 2 is 1.07 bits per heavy atom. The van der Waals surface area contributed by atoms with Gasteiger partial charge in [0.15, 0.2) is 0 Å². The Bertz CT molecular complexity index is 604. The van der Waals surface area contributed by atoms with Gasteiger partial charge in [0, 0.05) is 13.0 Å². The molecule has 41 heavy (non-hydrogen) atoms. The van der Waals surface area contributed by atoms with Crippen molar-refractivity contribution in [2.24, 2.45) is 5.92 Å². The Morgan fingerprint density at radius 3 is 1.54 bits per heavy atom. The number of nitrogens with one attached hydrogen (secondary N) is 1. The second-order valence-corrected chi connectivity index (χ2v) is 12.6. The summed E-state index contributed by atoms with van der Waals surface area (Å²) in [5, 5.41) is 43.9. The number of rotatable bonds is 27. The number of carbonyl (C=O) groups is 1. The molecule has 0 aromatic carbocycles. The lowest BCUT2D eigenvalue weighted by Gasteiger charge is -2.43. The summed E-state index contributed by atoms with van der Waals surface area (Å²) in [7, 11) is 0. The van der Waals surface area contributed by atoms with E-state index in [4.69, 9.17) is 4.74 Å². The molecule has 1 fully saturated rings. The first-order valence-corrected chi connectivity index (χ1v) is 17.5. The Kier molecular flexibility index (Phi) is 24.0. The topological polar surface area (TPSA) is 119 Å². The van der Waals surface area contributed by atoms with E-state index in [2.05, 4.69) is 19.2 Å². The lowest BCUT2D eigenvalue weighted by atomic mass is 9.83. The normalized spacial score (nSPS) is 23.5. The molecular formula is C34H67NO6. The van der Waals surface area contributed by atoms with Crippen LogP contribution in [0.5, 0.6) is 0 Å². The maximum Gasteiger partial charge on any atom is 0.220 e. The van der Waals surface area contributed by atoms with Gasteiger partial charge >= 0.3 is 0 Å². The number of hydrogen-bond donors (Lipinski definition) is 5. The second kappa shape index (κ2) is 25.7. The van der Waals surface area contributed by atoms with Crippen LogP contribution < -0.4 is 5.32 Å². The Hall–Kier alpha value is -0.730. The molecule has 0 aromatic rings. The summed E-state index contributed by atoms with van der Waals surface area (Å²) in [5.41, 5.74) is 0. The highest BCUT2D eigenvalue weighted by molar-refractivity contribution is 5.76. The van der Waals surface area contributed by atoms with E-state index in [0.717, 1.165) is 32.1 Å². The molecule has 1 aliphatic heterocycles. The van der Waals surface area contributed by atoms with Gasteiger partial charge < -0.3 is 30.5 Å². The van der Waals surface area contributed by atoms with Gasteiger partial charge in [0.25, 0.3) is 0 Å². The zero-order chi connectivity index (χ0) is 30.1. The number of ether oxygens (including phenoxy) is 1. The largest absolute Gasteiger partial charge is 0.394 e. The van der Waals surface area contributed by atoms with Crippen LogP contribution in [0.1, 0.15) is 162 Å². The summed E-state index contributed by atoms with van der Waals surface area (Å²) in [6, 6.07) is 0. The summed E-state index contributed by atoms with van der Waals surface area (Å²) in [6.07, 6.45) is 21.2. The van der Waals surface area contributed by atoms with Crippen molar-refractivity contribution in [1.82, 2.24) is 5.32 Å². The predicted octanol–water partition coefficient (Wildman–Crippen LogP) is 6.57. The SMILES string of the molecule is CCCCCCCCCCCCCC(CC(=O)NCCCCCCCCCCCC)C1O[C@H](CO)[C@@H](O)[C@H](O)[C@@H]1O. The third-order valence-corrected chi connectivity index (χ3v) is 8.87. The van der Waals surface area contributed by atoms with E-state index in [0.29, 0.717) is 13.0 Å². The fourth-order valence-corrected chi connectivity index (χ4v) is 6.12. The third-order valence-electron chi connectivity index (χ3n) is 8.87. The van der Waals surface area contributed by atoms with Crippen molar-refractivity contribution in [2.45, 2.75) is 192 Å². The quantitative estimate of drug-likeness (QED) is 0.0696. The lowest BCUT2D eigenvalue weighted by Crippen LogP contribution is -2.60. The maximum absolute atomic E-state index is 12.9. The van der Waals surface area contributed by atoms with Crippen LogP contribution in [-0.2, 0) is 9.53 Å². The molecule has 6 atom stereocenters. The highest BCUT2D eigenvalue weighted by Crippen LogP contribution is 2.31. The molecule has 1 heterocycles. The third kappa shape index (κ3) is 17.9. The Morgan fingerprint density at radius 1 is 0.634 bits per heavy atom. The monoisotopic (exact) mass is 585 g/mol. The average Bonchev–Trinajstić information content (AvgIpc) is 2.97. The van der Waals surface area contributed by atoms with Crippen molar-refractivity contribution in [1.29, 1.82) is 0 Å². The van der Waals surface area contributed by atoms with Crippen LogP contribution in [0.4, 0.5) is 0 Å². The van der Waals surface area contributed by atoms with Gasteiger partial charge in [-0.05, 0) is 18.8 Å². The van der Waals surface area contributed by atoms with Gasteiger partial charge in [-0.2, -0.15) is 0 Å². The fourth-order valence-electron chi connectivity index (χ4n) is 6.12. The number of aliphatic hydroxyl groups excluding tert-OH is 4. The molecule has 0 aromatic heterocycles. The van der Waals surface area contributed by atoms with Crippen LogP contribution in [-0.4, -0.2) is 70.0 Å². The smallest absolute Gasteiger partial charge is 0.220 e. The highest BCUT2D eigenvalue weighted by Gasteiger charge is 2.46. The van der Waals surface area contributed by atoms with E-state index in [-0.39, 0.29) is 18.2 Å². The minimum atomic E-state index is -1.40. The van der Waals surface area contributed by atoms with Gasteiger partial charge in [-0.25, -0.2) is 0 Å². The minimum Gasteiger partial charge on any atom is -0.394 e.